The first-order chi connectivity index (χ1) is 6.57. The molecule has 5 heteroatoms. The maximum Gasteiger partial charge on any atom is 0.194 e. The van der Waals surface area contributed by atoms with Crippen molar-refractivity contribution < 1.29 is 13.2 Å². The third kappa shape index (κ3) is 2.22. The van der Waals surface area contributed by atoms with Crippen LogP contribution in [0.4, 0.5) is 13.2 Å². The van der Waals surface area contributed by atoms with Crippen molar-refractivity contribution in [3.05, 3.63) is 35.1 Å². The number of halogens is 3. The van der Waals surface area contributed by atoms with Gasteiger partial charge >= 0.3 is 0 Å². The van der Waals surface area contributed by atoms with Gasteiger partial charge in [-0.05, 0) is 12.3 Å². The second kappa shape index (κ2) is 4.70. The van der Waals surface area contributed by atoms with Crippen LogP contribution < -0.4 is 5.73 Å². The fourth-order valence-corrected chi connectivity index (χ4v) is 1.64. The minimum absolute atomic E-state index is 0.0123. The summed E-state index contributed by atoms with van der Waals surface area (Å²) in [6, 6.07) is 1.45. The lowest BCUT2D eigenvalue weighted by Gasteiger charge is -2.11. The number of thioether (sulfide) groups is 1. The van der Waals surface area contributed by atoms with Crippen molar-refractivity contribution in [1.82, 2.24) is 0 Å². The van der Waals surface area contributed by atoms with Gasteiger partial charge in [-0.15, -0.1) is 0 Å². The van der Waals surface area contributed by atoms with E-state index >= 15 is 0 Å². The van der Waals surface area contributed by atoms with Crippen LogP contribution in [0.5, 0.6) is 0 Å². The van der Waals surface area contributed by atoms with Gasteiger partial charge in [-0.25, -0.2) is 13.2 Å². The summed E-state index contributed by atoms with van der Waals surface area (Å²) in [5.74, 6) is -3.38. The minimum atomic E-state index is -1.46. The van der Waals surface area contributed by atoms with Crippen LogP contribution in [0.15, 0.2) is 12.1 Å². The lowest BCUT2D eigenvalue weighted by atomic mass is 10.1. The quantitative estimate of drug-likeness (QED) is 0.793. The molecule has 1 aromatic rings. The molecule has 0 aliphatic rings. The van der Waals surface area contributed by atoms with Crippen LogP contribution in [0.1, 0.15) is 11.6 Å². The lowest BCUT2D eigenvalue weighted by Crippen LogP contribution is -2.15. The van der Waals surface area contributed by atoms with Gasteiger partial charge in [-0.3, -0.25) is 0 Å². The van der Waals surface area contributed by atoms with Crippen LogP contribution in [-0.2, 0) is 0 Å². The van der Waals surface area contributed by atoms with Gasteiger partial charge in [0.15, 0.2) is 17.5 Å². The summed E-state index contributed by atoms with van der Waals surface area (Å²) in [7, 11) is 0. The zero-order chi connectivity index (χ0) is 10.7. The number of rotatable bonds is 3. The minimum Gasteiger partial charge on any atom is -0.323 e. The van der Waals surface area contributed by atoms with E-state index in [1.54, 1.807) is 6.26 Å². The molecule has 1 nitrogen and oxygen atoms in total. The van der Waals surface area contributed by atoms with Crippen molar-refractivity contribution in [3.63, 3.8) is 0 Å². The summed E-state index contributed by atoms with van der Waals surface area (Å²) in [5.41, 5.74) is 5.59. The van der Waals surface area contributed by atoms with Crippen LogP contribution in [0.25, 0.3) is 0 Å². The van der Waals surface area contributed by atoms with Crippen molar-refractivity contribution in [3.8, 4) is 0 Å². The zero-order valence-electron chi connectivity index (χ0n) is 7.56. The molecular weight excluding hydrogens is 211 g/mol. The highest BCUT2D eigenvalue weighted by Gasteiger charge is 2.17. The Balaban J connectivity index is 3.04. The molecular formula is C9H10F3NS. The van der Waals surface area contributed by atoms with Crippen LogP contribution in [0, 0.1) is 17.5 Å². The Kier molecular flexibility index (Phi) is 3.83. The van der Waals surface area contributed by atoms with E-state index in [2.05, 4.69) is 0 Å². The largest absolute Gasteiger partial charge is 0.323 e. The summed E-state index contributed by atoms with van der Waals surface area (Å²) >= 11 is 1.42. The van der Waals surface area contributed by atoms with Crippen LogP contribution in [0.3, 0.4) is 0 Å². The number of nitrogens with two attached hydrogens (primary N) is 1. The zero-order valence-corrected chi connectivity index (χ0v) is 8.38. The fraction of sp³-hybridized carbons (Fsp3) is 0.333. The Morgan fingerprint density at radius 2 is 1.93 bits per heavy atom. The van der Waals surface area contributed by atoms with Gasteiger partial charge in [0.05, 0.1) is 0 Å². The molecule has 2 N–H and O–H groups in total. The van der Waals surface area contributed by atoms with Gasteiger partial charge in [0.2, 0.25) is 0 Å². The number of hydrogen-bond acceptors (Lipinski definition) is 2. The predicted octanol–water partition coefficient (Wildman–Crippen LogP) is 2.47. The van der Waals surface area contributed by atoms with Crippen molar-refractivity contribution in [2.24, 2.45) is 5.73 Å². The standard InChI is InChI=1S/C9H10F3NS/c1-14-4-7(13)5-2-3-6(10)9(12)8(5)11/h2-3,7H,4,13H2,1H3. The summed E-state index contributed by atoms with van der Waals surface area (Å²) in [6.45, 7) is 0. The molecule has 0 aliphatic heterocycles. The highest BCUT2D eigenvalue weighted by atomic mass is 32.2. The van der Waals surface area contributed by atoms with Gasteiger partial charge in [-0.2, -0.15) is 11.8 Å². The van der Waals surface area contributed by atoms with E-state index in [4.69, 9.17) is 5.73 Å². The molecule has 0 aliphatic carbocycles. The molecule has 0 spiro atoms. The molecule has 0 amide bonds. The topological polar surface area (TPSA) is 26.0 Å². The monoisotopic (exact) mass is 221 g/mol. The van der Waals surface area contributed by atoms with E-state index in [1.165, 1.54) is 17.8 Å². The van der Waals surface area contributed by atoms with E-state index in [0.29, 0.717) is 5.75 Å². The first-order valence-electron chi connectivity index (χ1n) is 3.95. The summed E-state index contributed by atoms with van der Waals surface area (Å²) in [5, 5.41) is 0. The SMILES string of the molecule is CSCC(N)c1ccc(F)c(F)c1F. The van der Waals surface area contributed by atoms with Gasteiger partial charge in [0.25, 0.3) is 0 Å². The van der Waals surface area contributed by atoms with Crippen molar-refractivity contribution in [2.75, 3.05) is 12.0 Å². The van der Waals surface area contributed by atoms with E-state index < -0.39 is 23.5 Å². The first-order valence-corrected chi connectivity index (χ1v) is 5.35. The summed E-state index contributed by atoms with van der Waals surface area (Å²) in [6.07, 6.45) is 1.80. The van der Waals surface area contributed by atoms with Crippen LogP contribution in [0.2, 0.25) is 0 Å². The maximum absolute atomic E-state index is 13.1. The van der Waals surface area contributed by atoms with E-state index in [9.17, 15) is 13.2 Å². The Hall–Kier alpha value is -0.680. The van der Waals surface area contributed by atoms with Gasteiger partial charge in [0, 0.05) is 17.4 Å². The molecule has 0 bridgehead atoms. The third-order valence-electron chi connectivity index (χ3n) is 1.81. The normalized spacial score (nSPS) is 12.9. The van der Waals surface area contributed by atoms with Gasteiger partial charge in [-0.1, -0.05) is 6.07 Å². The highest BCUT2D eigenvalue weighted by molar-refractivity contribution is 7.98. The molecule has 0 aromatic heterocycles. The second-order valence-electron chi connectivity index (χ2n) is 2.83. The molecule has 0 heterocycles. The molecule has 1 rings (SSSR count). The second-order valence-corrected chi connectivity index (χ2v) is 3.74. The Morgan fingerprint density at radius 1 is 1.29 bits per heavy atom. The Morgan fingerprint density at radius 3 is 2.50 bits per heavy atom. The molecule has 1 aromatic carbocycles. The Bertz CT molecular complexity index is 330. The van der Waals surface area contributed by atoms with Crippen LogP contribution >= 0.6 is 11.8 Å². The Labute approximate surface area is 84.5 Å². The predicted molar refractivity (Wildman–Crippen MR) is 51.6 cm³/mol. The van der Waals surface area contributed by atoms with Gasteiger partial charge in [0.1, 0.15) is 0 Å². The fourth-order valence-electron chi connectivity index (χ4n) is 1.10. The van der Waals surface area contributed by atoms with Crippen LogP contribution in [-0.4, -0.2) is 12.0 Å². The maximum atomic E-state index is 13.1. The van der Waals surface area contributed by atoms with Crippen molar-refractivity contribution in [2.45, 2.75) is 6.04 Å². The molecule has 78 valence electrons. The van der Waals surface area contributed by atoms with Gasteiger partial charge < -0.3 is 5.73 Å². The lowest BCUT2D eigenvalue weighted by molar-refractivity contribution is 0.437. The highest BCUT2D eigenvalue weighted by Crippen LogP contribution is 2.21. The summed E-state index contributed by atoms with van der Waals surface area (Å²) < 4.78 is 38.5. The average molecular weight is 221 g/mol. The van der Waals surface area contributed by atoms with Crippen molar-refractivity contribution >= 4 is 11.8 Å². The molecule has 0 saturated carbocycles. The number of hydrogen-bond donors (Lipinski definition) is 1. The number of benzene rings is 1. The smallest absolute Gasteiger partial charge is 0.194 e. The molecule has 0 fully saturated rings. The third-order valence-corrected chi connectivity index (χ3v) is 2.50. The summed E-state index contributed by atoms with van der Waals surface area (Å²) in [4.78, 5) is 0. The van der Waals surface area contributed by atoms with E-state index in [0.717, 1.165) is 6.07 Å². The van der Waals surface area contributed by atoms with E-state index in [-0.39, 0.29) is 5.56 Å². The average Bonchev–Trinajstić information content (AvgIpc) is 2.15. The first kappa shape index (κ1) is 11.4. The molecule has 1 atom stereocenters. The van der Waals surface area contributed by atoms with E-state index in [1.807, 2.05) is 0 Å². The molecule has 0 radical (unpaired) electrons. The molecule has 14 heavy (non-hydrogen) atoms. The molecule has 0 saturated heterocycles. The van der Waals surface area contributed by atoms with Crippen molar-refractivity contribution in [1.29, 1.82) is 0 Å². The molecule has 1 unspecified atom stereocenters.